The van der Waals surface area contributed by atoms with Crippen LogP contribution in [0.4, 0.5) is 0 Å². The molecule has 0 amide bonds. The summed E-state index contributed by atoms with van der Waals surface area (Å²) < 4.78 is 11.4. The third kappa shape index (κ3) is 3.18. The summed E-state index contributed by atoms with van der Waals surface area (Å²) in [5.41, 5.74) is 2.82. The van der Waals surface area contributed by atoms with E-state index in [4.69, 9.17) is 9.47 Å². The predicted octanol–water partition coefficient (Wildman–Crippen LogP) is 3.51. The molecule has 5 heteroatoms. The Labute approximate surface area is 120 Å². The van der Waals surface area contributed by atoms with E-state index in [1.165, 1.54) is 5.56 Å². The molecule has 4 nitrogen and oxygen atoms in total. The minimum atomic E-state index is -0.481. The van der Waals surface area contributed by atoms with Gasteiger partial charge in [-0.1, -0.05) is 22.0 Å². The van der Waals surface area contributed by atoms with Crippen LogP contribution in [0.2, 0.25) is 0 Å². The summed E-state index contributed by atoms with van der Waals surface area (Å²) in [6.07, 6.45) is 1.22. The van der Waals surface area contributed by atoms with Crippen LogP contribution >= 0.6 is 15.9 Å². The van der Waals surface area contributed by atoms with E-state index in [-0.39, 0.29) is 0 Å². The number of nitrogens with zero attached hydrogens (tertiary/aromatic N) is 2. The van der Waals surface area contributed by atoms with E-state index < -0.39 is 6.29 Å². The molecule has 0 atom stereocenters. The molecule has 100 valence electrons. The first-order valence-electron chi connectivity index (χ1n) is 5.80. The first-order valence-corrected chi connectivity index (χ1v) is 6.60. The molecule has 2 aromatic rings. The zero-order chi connectivity index (χ0) is 13.8. The molecular formula is C14H15BrN2O2. The van der Waals surface area contributed by atoms with Gasteiger partial charge >= 0.3 is 0 Å². The molecule has 1 aromatic carbocycles. The van der Waals surface area contributed by atoms with Gasteiger partial charge in [0.25, 0.3) is 0 Å². The van der Waals surface area contributed by atoms with Gasteiger partial charge in [0.2, 0.25) is 6.29 Å². The van der Waals surface area contributed by atoms with Crippen LogP contribution in [0.3, 0.4) is 0 Å². The summed E-state index contributed by atoms with van der Waals surface area (Å²) in [7, 11) is 3.16. The van der Waals surface area contributed by atoms with Crippen LogP contribution in [-0.2, 0) is 9.47 Å². The SMILES string of the molecule is COC(OC)c1ccnc(-c2ccc(C)cc2Br)n1. The number of rotatable bonds is 4. The highest BCUT2D eigenvalue weighted by Gasteiger charge is 2.13. The van der Waals surface area contributed by atoms with Crippen LogP contribution in [0.1, 0.15) is 17.5 Å². The average Bonchev–Trinajstić information content (AvgIpc) is 2.40. The summed E-state index contributed by atoms with van der Waals surface area (Å²) >= 11 is 3.54. The van der Waals surface area contributed by atoms with E-state index in [1.54, 1.807) is 26.5 Å². The van der Waals surface area contributed by atoms with Gasteiger partial charge in [0.15, 0.2) is 5.82 Å². The minimum absolute atomic E-state index is 0.481. The topological polar surface area (TPSA) is 44.2 Å². The molecular weight excluding hydrogens is 308 g/mol. The fourth-order valence-electron chi connectivity index (χ4n) is 1.77. The Morgan fingerprint density at radius 3 is 2.53 bits per heavy atom. The van der Waals surface area contributed by atoms with Gasteiger partial charge in [0, 0.05) is 30.5 Å². The van der Waals surface area contributed by atoms with Gasteiger partial charge in [-0.05, 0) is 30.7 Å². The Bertz CT molecular complexity index is 571. The summed E-state index contributed by atoms with van der Waals surface area (Å²) in [5.74, 6) is 0.642. The molecule has 1 heterocycles. The normalized spacial score (nSPS) is 11.0. The van der Waals surface area contributed by atoms with Crippen LogP contribution < -0.4 is 0 Å². The van der Waals surface area contributed by atoms with Gasteiger partial charge in [-0.3, -0.25) is 0 Å². The molecule has 0 saturated heterocycles. The van der Waals surface area contributed by atoms with E-state index in [0.29, 0.717) is 11.5 Å². The molecule has 19 heavy (non-hydrogen) atoms. The highest BCUT2D eigenvalue weighted by Crippen LogP contribution is 2.27. The van der Waals surface area contributed by atoms with Crippen molar-refractivity contribution >= 4 is 15.9 Å². The molecule has 0 aliphatic carbocycles. The zero-order valence-corrected chi connectivity index (χ0v) is 12.6. The third-order valence-corrected chi connectivity index (χ3v) is 3.37. The lowest BCUT2D eigenvalue weighted by Crippen LogP contribution is -2.07. The second kappa shape index (κ2) is 6.23. The first kappa shape index (κ1) is 14.1. The van der Waals surface area contributed by atoms with Crippen LogP contribution in [0.25, 0.3) is 11.4 Å². The van der Waals surface area contributed by atoms with E-state index in [9.17, 15) is 0 Å². The Morgan fingerprint density at radius 2 is 1.89 bits per heavy atom. The van der Waals surface area contributed by atoms with Crippen molar-refractivity contribution in [1.29, 1.82) is 0 Å². The fraction of sp³-hybridized carbons (Fsp3) is 0.286. The molecule has 0 radical (unpaired) electrons. The summed E-state index contributed by atoms with van der Waals surface area (Å²) in [5, 5.41) is 0. The highest BCUT2D eigenvalue weighted by molar-refractivity contribution is 9.10. The molecule has 0 aliphatic rings. The van der Waals surface area contributed by atoms with Crippen LogP contribution in [0.15, 0.2) is 34.9 Å². The maximum atomic E-state index is 5.20. The van der Waals surface area contributed by atoms with Crippen molar-refractivity contribution in [3.05, 3.63) is 46.2 Å². The zero-order valence-electron chi connectivity index (χ0n) is 11.1. The van der Waals surface area contributed by atoms with Crippen LogP contribution in [0, 0.1) is 6.92 Å². The largest absolute Gasteiger partial charge is 0.350 e. The van der Waals surface area contributed by atoms with Crippen molar-refractivity contribution < 1.29 is 9.47 Å². The third-order valence-electron chi connectivity index (χ3n) is 2.71. The van der Waals surface area contributed by atoms with E-state index in [0.717, 1.165) is 10.0 Å². The predicted molar refractivity (Wildman–Crippen MR) is 76.7 cm³/mol. The van der Waals surface area contributed by atoms with Gasteiger partial charge in [0.1, 0.15) is 5.69 Å². The van der Waals surface area contributed by atoms with Crippen molar-refractivity contribution in [3.63, 3.8) is 0 Å². The molecule has 0 N–H and O–H groups in total. The summed E-state index contributed by atoms with van der Waals surface area (Å²) in [6, 6.07) is 7.84. The molecule has 0 unspecified atom stereocenters. The number of methoxy groups -OCH3 is 2. The fourth-order valence-corrected chi connectivity index (χ4v) is 2.44. The van der Waals surface area contributed by atoms with E-state index in [1.807, 2.05) is 25.1 Å². The monoisotopic (exact) mass is 322 g/mol. The Hall–Kier alpha value is -1.30. The number of halogens is 1. The molecule has 0 saturated carbocycles. The Kier molecular flexibility index (Phi) is 4.63. The number of hydrogen-bond donors (Lipinski definition) is 0. The Balaban J connectivity index is 2.43. The molecule has 0 bridgehead atoms. The second-order valence-corrected chi connectivity index (χ2v) is 4.95. The molecule has 0 aliphatic heterocycles. The van der Waals surface area contributed by atoms with Crippen molar-refractivity contribution in [2.45, 2.75) is 13.2 Å². The number of benzene rings is 1. The second-order valence-electron chi connectivity index (χ2n) is 4.09. The van der Waals surface area contributed by atoms with Gasteiger partial charge in [-0.25, -0.2) is 9.97 Å². The van der Waals surface area contributed by atoms with E-state index in [2.05, 4.69) is 25.9 Å². The van der Waals surface area contributed by atoms with E-state index >= 15 is 0 Å². The van der Waals surface area contributed by atoms with Crippen LogP contribution in [-0.4, -0.2) is 24.2 Å². The van der Waals surface area contributed by atoms with Crippen molar-refractivity contribution in [3.8, 4) is 11.4 Å². The summed E-state index contributed by atoms with van der Waals surface area (Å²) in [6.45, 7) is 2.04. The lowest BCUT2D eigenvalue weighted by molar-refractivity contribution is -0.108. The molecule has 0 spiro atoms. The number of aromatic nitrogens is 2. The molecule has 0 fully saturated rings. The number of aryl methyl sites for hydroxylation is 1. The van der Waals surface area contributed by atoms with Crippen molar-refractivity contribution in [2.75, 3.05) is 14.2 Å². The maximum absolute atomic E-state index is 5.20. The smallest absolute Gasteiger partial charge is 0.200 e. The first-order chi connectivity index (χ1) is 9.15. The quantitative estimate of drug-likeness (QED) is 0.808. The number of hydrogen-bond acceptors (Lipinski definition) is 4. The van der Waals surface area contributed by atoms with Crippen LogP contribution in [0.5, 0.6) is 0 Å². The number of ether oxygens (including phenoxy) is 2. The van der Waals surface area contributed by atoms with Gasteiger partial charge in [-0.15, -0.1) is 0 Å². The molecule has 2 rings (SSSR count). The highest BCUT2D eigenvalue weighted by atomic mass is 79.9. The maximum Gasteiger partial charge on any atom is 0.200 e. The standard InChI is InChI=1S/C14H15BrN2O2/c1-9-4-5-10(11(15)8-9)13-16-7-6-12(17-13)14(18-2)19-3/h4-8,14H,1-3H3. The summed E-state index contributed by atoms with van der Waals surface area (Å²) in [4.78, 5) is 8.78. The lowest BCUT2D eigenvalue weighted by Gasteiger charge is -2.13. The minimum Gasteiger partial charge on any atom is -0.350 e. The van der Waals surface area contributed by atoms with Crippen molar-refractivity contribution in [2.24, 2.45) is 0 Å². The van der Waals surface area contributed by atoms with Gasteiger partial charge in [0.05, 0.1) is 0 Å². The van der Waals surface area contributed by atoms with Gasteiger partial charge in [-0.2, -0.15) is 0 Å². The van der Waals surface area contributed by atoms with Gasteiger partial charge < -0.3 is 9.47 Å². The molecule has 1 aromatic heterocycles. The lowest BCUT2D eigenvalue weighted by atomic mass is 10.1. The average molecular weight is 323 g/mol. The van der Waals surface area contributed by atoms with Crippen molar-refractivity contribution in [1.82, 2.24) is 9.97 Å². The Morgan fingerprint density at radius 1 is 1.16 bits per heavy atom.